The van der Waals surface area contributed by atoms with Crippen LogP contribution in [0.5, 0.6) is 0 Å². The molecule has 0 saturated carbocycles. The fraction of sp³-hybridized carbons (Fsp3) is 0.286. The van der Waals surface area contributed by atoms with Crippen molar-refractivity contribution in [2.75, 3.05) is 13.2 Å². The second-order valence-corrected chi connectivity index (χ2v) is 6.59. The first-order valence-corrected chi connectivity index (χ1v) is 9.13. The van der Waals surface area contributed by atoms with Crippen LogP contribution in [0, 0.1) is 0 Å². The number of carbonyl (C=O) groups is 1. The Morgan fingerprint density at radius 3 is 2.93 bits per heavy atom. The minimum Gasteiger partial charge on any atom is -0.376 e. The summed E-state index contributed by atoms with van der Waals surface area (Å²) in [5, 5.41) is 0.549. The van der Waals surface area contributed by atoms with E-state index in [1.54, 1.807) is 17.0 Å². The molecule has 1 amide bonds. The summed E-state index contributed by atoms with van der Waals surface area (Å²) in [6, 6.07) is 13.0. The van der Waals surface area contributed by atoms with Gasteiger partial charge in [-0.25, -0.2) is 4.98 Å². The molecule has 27 heavy (non-hydrogen) atoms. The second kappa shape index (κ2) is 7.32. The number of H-pyrrole nitrogens is 1. The van der Waals surface area contributed by atoms with Gasteiger partial charge in [-0.15, -0.1) is 0 Å². The van der Waals surface area contributed by atoms with E-state index in [1.165, 1.54) is 0 Å². The van der Waals surface area contributed by atoms with Gasteiger partial charge in [0.05, 0.1) is 30.7 Å². The Balaban J connectivity index is 1.65. The first-order valence-electron chi connectivity index (χ1n) is 9.13. The molecule has 0 aliphatic carbocycles. The molecule has 6 heteroatoms. The number of rotatable bonds is 4. The van der Waals surface area contributed by atoms with Crippen molar-refractivity contribution < 1.29 is 9.53 Å². The number of carbonyl (C=O) groups excluding carboxylic acids is 1. The molecule has 0 bridgehead atoms. The zero-order chi connectivity index (χ0) is 18.8. The lowest BCUT2D eigenvalue weighted by atomic mass is 9.96. The maximum atomic E-state index is 13.2. The van der Waals surface area contributed by atoms with E-state index in [0.717, 1.165) is 17.5 Å². The van der Waals surface area contributed by atoms with Gasteiger partial charge in [-0.05, 0) is 42.7 Å². The van der Waals surface area contributed by atoms with Crippen LogP contribution in [0.1, 0.15) is 34.2 Å². The van der Waals surface area contributed by atoms with Crippen molar-refractivity contribution in [3.8, 4) is 0 Å². The number of hydrogen-bond donors (Lipinski definition) is 1. The Morgan fingerprint density at radius 2 is 2.07 bits per heavy atom. The number of aromatic amines is 1. The minimum atomic E-state index is -0.187. The average molecular weight is 363 g/mol. The molecule has 138 valence electrons. The summed E-state index contributed by atoms with van der Waals surface area (Å²) < 4.78 is 5.49. The lowest BCUT2D eigenvalue weighted by Crippen LogP contribution is -2.33. The number of nitrogens with one attached hydrogen (secondary N) is 1. The third-order valence-corrected chi connectivity index (χ3v) is 4.93. The van der Waals surface area contributed by atoms with Crippen LogP contribution in [-0.4, -0.2) is 33.9 Å². The van der Waals surface area contributed by atoms with Gasteiger partial charge in [0.1, 0.15) is 5.82 Å². The van der Waals surface area contributed by atoms with Crippen molar-refractivity contribution in [2.24, 2.45) is 0 Å². The van der Waals surface area contributed by atoms with Crippen LogP contribution in [0.3, 0.4) is 0 Å². The molecule has 1 aliphatic heterocycles. The van der Waals surface area contributed by atoms with E-state index in [9.17, 15) is 9.59 Å². The number of amides is 1. The number of fused-ring (bicyclic) bond motifs is 2. The Kier molecular flexibility index (Phi) is 4.73. The fourth-order valence-electron chi connectivity index (χ4n) is 3.51. The van der Waals surface area contributed by atoms with Gasteiger partial charge in [-0.2, -0.15) is 0 Å². The van der Waals surface area contributed by atoms with E-state index in [4.69, 9.17) is 4.74 Å². The van der Waals surface area contributed by atoms with Crippen LogP contribution in [0.2, 0.25) is 0 Å². The van der Waals surface area contributed by atoms with Gasteiger partial charge in [0, 0.05) is 12.1 Å². The Labute approximate surface area is 156 Å². The van der Waals surface area contributed by atoms with Crippen LogP contribution in [0.4, 0.5) is 0 Å². The maximum absolute atomic E-state index is 13.2. The molecular weight excluding hydrogens is 342 g/mol. The molecule has 4 rings (SSSR count). The van der Waals surface area contributed by atoms with Crippen LogP contribution in [0.25, 0.3) is 10.9 Å². The predicted molar refractivity (Wildman–Crippen MR) is 103 cm³/mol. The van der Waals surface area contributed by atoms with Crippen LogP contribution in [-0.2, 0) is 24.3 Å². The van der Waals surface area contributed by atoms with Gasteiger partial charge in [-0.3, -0.25) is 9.59 Å². The van der Waals surface area contributed by atoms with Crippen molar-refractivity contribution in [1.29, 1.82) is 0 Å². The normalized spacial score (nSPS) is 13.4. The third kappa shape index (κ3) is 3.36. The summed E-state index contributed by atoms with van der Waals surface area (Å²) in [6.45, 7) is 3.88. The quantitative estimate of drug-likeness (QED) is 0.773. The number of ether oxygens (including phenoxy) is 1. The Hall–Kier alpha value is -2.99. The zero-order valence-corrected chi connectivity index (χ0v) is 15.2. The minimum absolute atomic E-state index is 0.0490. The van der Waals surface area contributed by atoms with E-state index < -0.39 is 0 Å². The molecule has 0 saturated heterocycles. The lowest BCUT2D eigenvalue weighted by Gasteiger charge is -2.24. The van der Waals surface area contributed by atoms with Gasteiger partial charge < -0.3 is 14.6 Å². The fourth-order valence-corrected chi connectivity index (χ4v) is 3.51. The highest BCUT2D eigenvalue weighted by Gasteiger charge is 2.22. The smallest absolute Gasteiger partial charge is 0.258 e. The Morgan fingerprint density at radius 1 is 1.22 bits per heavy atom. The summed E-state index contributed by atoms with van der Waals surface area (Å²) in [6.07, 6.45) is 0.736. The highest BCUT2D eigenvalue weighted by molar-refractivity contribution is 5.96. The molecular formula is C21H21N3O3. The molecule has 0 radical (unpaired) electrons. The molecule has 3 aromatic rings. The maximum Gasteiger partial charge on any atom is 0.258 e. The summed E-state index contributed by atoms with van der Waals surface area (Å²) in [4.78, 5) is 34.5. The van der Waals surface area contributed by atoms with Gasteiger partial charge in [0.25, 0.3) is 11.5 Å². The monoisotopic (exact) mass is 363 g/mol. The van der Waals surface area contributed by atoms with E-state index in [1.807, 2.05) is 37.3 Å². The number of para-hydroxylation sites is 1. The zero-order valence-electron chi connectivity index (χ0n) is 15.2. The largest absolute Gasteiger partial charge is 0.376 e. The summed E-state index contributed by atoms with van der Waals surface area (Å²) in [7, 11) is 0. The van der Waals surface area contributed by atoms with Gasteiger partial charge in [0.2, 0.25) is 0 Å². The number of aromatic nitrogens is 2. The number of nitrogens with zero attached hydrogens (tertiary/aromatic N) is 2. The second-order valence-electron chi connectivity index (χ2n) is 6.59. The average Bonchev–Trinajstić information content (AvgIpc) is 2.71. The van der Waals surface area contributed by atoms with Crippen molar-refractivity contribution in [2.45, 2.75) is 26.5 Å². The molecule has 0 atom stereocenters. The molecule has 0 fully saturated rings. The predicted octanol–water partition coefficient (Wildman–Crippen LogP) is 2.66. The van der Waals surface area contributed by atoms with Crippen LogP contribution >= 0.6 is 0 Å². The third-order valence-electron chi connectivity index (χ3n) is 4.93. The first kappa shape index (κ1) is 17.4. The lowest BCUT2D eigenvalue weighted by molar-refractivity contribution is 0.0741. The Bertz CT molecular complexity index is 1060. The highest BCUT2D eigenvalue weighted by Crippen LogP contribution is 2.22. The number of hydrogen-bond acceptors (Lipinski definition) is 4. The molecule has 1 aliphatic rings. The topological polar surface area (TPSA) is 75.3 Å². The van der Waals surface area contributed by atoms with E-state index in [-0.39, 0.29) is 18.0 Å². The van der Waals surface area contributed by atoms with Crippen molar-refractivity contribution >= 4 is 16.8 Å². The molecule has 1 N–H and O–H groups in total. The van der Waals surface area contributed by atoms with Crippen molar-refractivity contribution in [3.05, 3.63) is 75.3 Å². The SMILES string of the molecule is CCN(Cc1nc2ccccc2c(=O)[nH]1)C(=O)c1cccc2c1CCOC2. The van der Waals surface area contributed by atoms with E-state index in [2.05, 4.69) is 9.97 Å². The first-order chi connectivity index (χ1) is 13.2. The molecule has 2 heterocycles. The standard InChI is InChI=1S/C21H21N3O3/c1-2-24(12-19-22-18-9-4-3-7-17(18)20(25)23-19)21(26)16-8-5-6-14-13-27-11-10-15(14)16/h3-9H,2,10-13H2,1H3,(H,22,23,25). The summed E-state index contributed by atoms with van der Waals surface area (Å²) in [5.74, 6) is 0.439. The molecule has 1 aromatic heterocycles. The van der Waals surface area contributed by atoms with E-state index in [0.29, 0.717) is 42.0 Å². The summed E-state index contributed by atoms with van der Waals surface area (Å²) >= 11 is 0. The molecule has 0 spiro atoms. The highest BCUT2D eigenvalue weighted by atomic mass is 16.5. The van der Waals surface area contributed by atoms with Crippen molar-refractivity contribution in [3.63, 3.8) is 0 Å². The molecule has 6 nitrogen and oxygen atoms in total. The van der Waals surface area contributed by atoms with Gasteiger partial charge in [0.15, 0.2) is 0 Å². The van der Waals surface area contributed by atoms with Crippen LogP contribution in [0.15, 0.2) is 47.3 Å². The summed E-state index contributed by atoms with van der Waals surface area (Å²) in [5.41, 5.74) is 3.29. The van der Waals surface area contributed by atoms with Crippen LogP contribution < -0.4 is 5.56 Å². The van der Waals surface area contributed by atoms with Gasteiger partial charge in [-0.1, -0.05) is 24.3 Å². The number of benzene rings is 2. The van der Waals surface area contributed by atoms with E-state index >= 15 is 0 Å². The molecule has 0 unspecified atom stereocenters. The molecule has 2 aromatic carbocycles. The van der Waals surface area contributed by atoms with Gasteiger partial charge >= 0.3 is 0 Å². The van der Waals surface area contributed by atoms with Crippen molar-refractivity contribution in [1.82, 2.24) is 14.9 Å².